The molecule has 0 saturated heterocycles. The fourth-order valence-corrected chi connectivity index (χ4v) is 1.99. The van der Waals surface area contributed by atoms with Crippen LogP contribution in [0.5, 0.6) is 5.75 Å². The summed E-state index contributed by atoms with van der Waals surface area (Å²) in [4.78, 5) is -0.469. The Kier molecular flexibility index (Phi) is 3.36. The van der Waals surface area contributed by atoms with Crippen molar-refractivity contribution in [2.24, 2.45) is 5.14 Å². The molecular formula is C7H5ClF3NO3S. The number of primary sulfonamides is 1. The summed E-state index contributed by atoms with van der Waals surface area (Å²) in [7, 11) is -4.06. The van der Waals surface area contributed by atoms with Gasteiger partial charge in [0, 0.05) is 6.07 Å². The van der Waals surface area contributed by atoms with Crippen LogP contribution in [-0.2, 0) is 10.0 Å². The fourth-order valence-electron chi connectivity index (χ4n) is 0.909. The Hall–Kier alpha value is -0.990. The number of nitrogens with two attached hydrogens (primary N) is 1. The first-order valence-corrected chi connectivity index (χ1v) is 5.60. The van der Waals surface area contributed by atoms with Crippen LogP contribution in [0.2, 0.25) is 5.02 Å². The molecule has 9 heteroatoms. The molecule has 0 radical (unpaired) electrons. The Labute approximate surface area is 93.8 Å². The number of rotatable bonds is 2. The molecule has 0 unspecified atom stereocenters. The van der Waals surface area contributed by atoms with Crippen molar-refractivity contribution in [2.75, 3.05) is 0 Å². The normalized spacial score (nSPS) is 12.6. The molecule has 0 aliphatic rings. The number of sulfonamides is 1. The second-order valence-electron chi connectivity index (χ2n) is 2.69. The van der Waals surface area contributed by atoms with Crippen LogP contribution in [0, 0.1) is 0 Å². The lowest BCUT2D eigenvalue weighted by atomic mass is 10.3. The van der Waals surface area contributed by atoms with E-state index in [2.05, 4.69) is 4.74 Å². The zero-order valence-electron chi connectivity index (χ0n) is 7.45. The molecule has 0 aliphatic heterocycles. The zero-order valence-corrected chi connectivity index (χ0v) is 9.03. The maximum Gasteiger partial charge on any atom is 0.573 e. The molecule has 0 amide bonds. The van der Waals surface area contributed by atoms with Crippen molar-refractivity contribution in [3.05, 3.63) is 23.2 Å². The van der Waals surface area contributed by atoms with Crippen LogP contribution in [0.15, 0.2) is 23.1 Å². The molecular weight excluding hydrogens is 271 g/mol. The predicted octanol–water partition coefficient (Wildman–Crippen LogP) is 1.89. The van der Waals surface area contributed by atoms with E-state index < -0.39 is 32.1 Å². The summed E-state index contributed by atoms with van der Waals surface area (Å²) < 4.78 is 60.7. The van der Waals surface area contributed by atoms with Crippen LogP contribution < -0.4 is 9.88 Å². The van der Waals surface area contributed by atoms with Crippen molar-refractivity contribution >= 4 is 21.6 Å². The van der Waals surface area contributed by atoms with E-state index in [0.29, 0.717) is 0 Å². The highest BCUT2D eigenvalue weighted by Gasteiger charge is 2.31. The van der Waals surface area contributed by atoms with Gasteiger partial charge in [0.1, 0.15) is 10.6 Å². The molecule has 1 aromatic rings. The smallest absolute Gasteiger partial charge is 0.406 e. The number of halogens is 4. The molecule has 4 nitrogen and oxygen atoms in total. The summed E-state index contributed by atoms with van der Waals surface area (Å²) in [5.74, 6) is -0.620. The Morgan fingerprint density at radius 3 is 2.25 bits per heavy atom. The van der Waals surface area contributed by atoms with Crippen LogP contribution in [0.4, 0.5) is 13.2 Å². The maximum absolute atomic E-state index is 11.8. The Morgan fingerprint density at radius 1 is 1.31 bits per heavy atom. The second kappa shape index (κ2) is 4.11. The molecule has 90 valence electrons. The number of ether oxygens (including phenoxy) is 1. The van der Waals surface area contributed by atoms with Gasteiger partial charge in [0.25, 0.3) is 0 Å². The van der Waals surface area contributed by atoms with Crippen molar-refractivity contribution < 1.29 is 26.3 Å². The van der Waals surface area contributed by atoms with Gasteiger partial charge in [0.15, 0.2) is 0 Å². The van der Waals surface area contributed by atoms with E-state index in [1.54, 1.807) is 0 Å². The van der Waals surface area contributed by atoms with Crippen LogP contribution in [-0.4, -0.2) is 14.8 Å². The Balaban J connectivity index is 3.10. The van der Waals surface area contributed by atoms with Crippen LogP contribution in [0.1, 0.15) is 0 Å². The van der Waals surface area contributed by atoms with Gasteiger partial charge in [-0.15, -0.1) is 13.2 Å². The number of hydrogen-bond acceptors (Lipinski definition) is 3. The summed E-state index contributed by atoms with van der Waals surface area (Å²) in [5, 5.41) is 4.32. The van der Waals surface area contributed by atoms with E-state index in [-0.39, 0.29) is 0 Å². The second-order valence-corrected chi connectivity index (χ2v) is 4.62. The van der Waals surface area contributed by atoms with E-state index in [0.717, 1.165) is 18.2 Å². The lowest BCUT2D eigenvalue weighted by Gasteiger charge is -2.09. The Morgan fingerprint density at radius 2 is 1.88 bits per heavy atom. The third-order valence-electron chi connectivity index (χ3n) is 1.44. The standard InChI is InChI=1S/C7H5ClF3NO3S/c8-5-3-4(15-7(9,10)11)1-2-6(5)16(12,13)14/h1-3H,(H2,12,13,14). The lowest BCUT2D eigenvalue weighted by molar-refractivity contribution is -0.274. The van der Waals surface area contributed by atoms with Crippen molar-refractivity contribution in [3.63, 3.8) is 0 Å². The Bertz CT molecular complexity index is 500. The molecule has 0 atom stereocenters. The van der Waals surface area contributed by atoms with Gasteiger partial charge in [-0.3, -0.25) is 0 Å². The van der Waals surface area contributed by atoms with Crippen molar-refractivity contribution in [2.45, 2.75) is 11.3 Å². The van der Waals surface area contributed by atoms with Gasteiger partial charge in [-0.25, -0.2) is 13.6 Å². The lowest BCUT2D eigenvalue weighted by Crippen LogP contribution is -2.17. The zero-order chi connectivity index (χ0) is 12.6. The van der Waals surface area contributed by atoms with E-state index >= 15 is 0 Å². The third-order valence-corrected chi connectivity index (χ3v) is 2.84. The number of hydrogen-bond donors (Lipinski definition) is 1. The van der Waals surface area contributed by atoms with Crippen LogP contribution in [0.25, 0.3) is 0 Å². The summed E-state index contributed by atoms with van der Waals surface area (Å²) in [6, 6.07) is 2.35. The molecule has 2 N–H and O–H groups in total. The third kappa shape index (κ3) is 3.54. The molecule has 0 bridgehead atoms. The summed E-state index contributed by atoms with van der Waals surface area (Å²) in [5.41, 5.74) is 0. The molecule has 0 aromatic heterocycles. The molecule has 0 aliphatic carbocycles. The highest BCUT2D eigenvalue weighted by Crippen LogP contribution is 2.29. The molecule has 0 heterocycles. The van der Waals surface area contributed by atoms with Crippen molar-refractivity contribution in [1.29, 1.82) is 0 Å². The maximum atomic E-state index is 11.8. The van der Waals surface area contributed by atoms with Gasteiger partial charge in [-0.1, -0.05) is 11.6 Å². The van der Waals surface area contributed by atoms with Crippen molar-refractivity contribution in [1.82, 2.24) is 0 Å². The van der Waals surface area contributed by atoms with E-state index in [1.165, 1.54) is 0 Å². The molecule has 0 fully saturated rings. The molecule has 0 saturated carbocycles. The minimum atomic E-state index is -4.87. The molecule has 1 rings (SSSR count). The quantitative estimate of drug-likeness (QED) is 0.896. The minimum absolute atomic E-state index is 0.441. The van der Waals surface area contributed by atoms with Gasteiger partial charge in [0.2, 0.25) is 10.0 Å². The van der Waals surface area contributed by atoms with E-state index in [9.17, 15) is 21.6 Å². The summed E-state index contributed by atoms with van der Waals surface area (Å²) in [6.45, 7) is 0. The minimum Gasteiger partial charge on any atom is -0.406 e. The summed E-state index contributed by atoms with van der Waals surface area (Å²) >= 11 is 5.44. The highest BCUT2D eigenvalue weighted by atomic mass is 35.5. The SMILES string of the molecule is NS(=O)(=O)c1ccc(OC(F)(F)F)cc1Cl. The monoisotopic (exact) mass is 275 g/mol. The molecule has 0 spiro atoms. The first kappa shape index (κ1) is 13.1. The average molecular weight is 276 g/mol. The topological polar surface area (TPSA) is 69.4 Å². The number of alkyl halides is 3. The van der Waals surface area contributed by atoms with Gasteiger partial charge in [-0.05, 0) is 12.1 Å². The van der Waals surface area contributed by atoms with Gasteiger partial charge in [-0.2, -0.15) is 0 Å². The van der Waals surface area contributed by atoms with Gasteiger partial charge in [0.05, 0.1) is 5.02 Å². The van der Waals surface area contributed by atoms with Gasteiger partial charge >= 0.3 is 6.36 Å². The van der Waals surface area contributed by atoms with Crippen LogP contribution in [0.3, 0.4) is 0 Å². The van der Waals surface area contributed by atoms with E-state index in [1.807, 2.05) is 0 Å². The largest absolute Gasteiger partial charge is 0.573 e. The summed E-state index contributed by atoms with van der Waals surface area (Å²) in [6.07, 6.45) is -4.87. The van der Waals surface area contributed by atoms with Crippen molar-refractivity contribution in [3.8, 4) is 5.75 Å². The number of benzene rings is 1. The predicted molar refractivity (Wildman–Crippen MR) is 49.5 cm³/mol. The first-order chi connectivity index (χ1) is 7.09. The molecule has 16 heavy (non-hydrogen) atoms. The highest BCUT2D eigenvalue weighted by molar-refractivity contribution is 7.89. The van der Waals surface area contributed by atoms with E-state index in [4.69, 9.17) is 16.7 Å². The van der Waals surface area contributed by atoms with Gasteiger partial charge < -0.3 is 4.74 Å². The van der Waals surface area contributed by atoms with Crippen LogP contribution >= 0.6 is 11.6 Å². The average Bonchev–Trinajstić information content (AvgIpc) is 1.97. The first-order valence-electron chi connectivity index (χ1n) is 3.68. The molecule has 1 aromatic carbocycles. The fraction of sp³-hybridized carbons (Fsp3) is 0.143.